The summed E-state index contributed by atoms with van der Waals surface area (Å²) in [5, 5.41) is 26.0. The van der Waals surface area contributed by atoms with Crippen molar-refractivity contribution in [3.63, 3.8) is 0 Å². The lowest BCUT2D eigenvalue weighted by molar-refractivity contribution is -0.139. The largest absolute Gasteiger partial charge is 0.480 e. The molecule has 0 saturated carbocycles. The zero-order valence-electron chi connectivity index (χ0n) is 16.4. The van der Waals surface area contributed by atoms with E-state index in [9.17, 15) is 14.4 Å². The summed E-state index contributed by atoms with van der Waals surface area (Å²) in [6.07, 6.45) is 1.89. The highest BCUT2D eigenvalue weighted by Gasteiger charge is 2.18. The topological polar surface area (TPSA) is 137 Å². The first-order chi connectivity index (χ1) is 13.3. The minimum Gasteiger partial charge on any atom is -0.480 e. The molecule has 0 saturated heterocycles. The number of anilines is 2. The van der Waals surface area contributed by atoms with Crippen LogP contribution in [0.25, 0.3) is 0 Å². The lowest BCUT2D eigenvalue weighted by atomic mass is 10.0. The molecule has 1 rings (SSSR count). The first kappa shape index (κ1) is 23.2. The van der Waals surface area contributed by atoms with Crippen molar-refractivity contribution in [3.05, 3.63) is 18.2 Å². The highest BCUT2D eigenvalue weighted by Crippen LogP contribution is 2.29. The Morgan fingerprint density at radius 3 is 2.29 bits per heavy atom. The number of carbonyl (C=O) groups is 3. The number of hydrogen-bond donors (Lipinski definition) is 5. The van der Waals surface area contributed by atoms with Crippen molar-refractivity contribution < 1.29 is 29.3 Å². The first-order valence-corrected chi connectivity index (χ1v) is 9.32. The van der Waals surface area contributed by atoms with Gasteiger partial charge in [-0.3, -0.25) is 4.79 Å². The molecule has 0 radical (unpaired) electrons. The molecule has 9 heteroatoms. The second-order valence-electron chi connectivity index (χ2n) is 6.28. The highest BCUT2D eigenvalue weighted by atomic mass is 16.5. The highest BCUT2D eigenvalue weighted by molar-refractivity contribution is 5.96. The van der Waals surface area contributed by atoms with E-state index < -0.39 is 18.6 Å². The molecule has 9 nitrogen and oxygen atoms in total. The summed E-state index contributed by atoms with van der Waals surface area (Å²) in [6, 6.07) is 3.63. The Bertz CT molecular complexity index is 672. The maximum atomic E-state index is 12.4. The number of urea groups is 1. The summed E-state index contributed by atoms with van der Waals surface area (Å²) in [5.74, 6) is -1.36. The number of aliphatic hydroxyl groups is 1. The van der Waals surface area contributed by atoms with Gasteiger partial charge in [-0.15, -0.1) is 0 Å². The van der Waals surface area contributed by atoms with Crippen LogP contribution in [-0.2, 0) is 9.59 Å². The first-order valence-electron chi connectivity index (χ1n) is 9.32. The zero-order chi connectivity index (χ0) is 21.1. The van der Waals surface area contributed by atoms with Crippen LogP contribution in [0.1, 0.15) is 40.0 Å². The Morgan fingerprint density at radius 2 is 1.75 bits per heavy atom. The summed E-state index contributed by atoms with van der Waals surface area (Å²) < 4.78 is 5.23. The molecular weight excluding hydrogens is 366 g/mol. The second-order valence-corrected chi connectivity index (χ2v) is 6.28. The van der Waals surface area contributed by atoms with Gasteiger partial charge >= 0.3 is 12.0 Å². The average Bonchev–Trinajstić information content (AvgIpc) is 2.66. The fourth-order valence-electron chi connectivity index (χ4n) is 2.49. The molecule has 0 unspecified atom stereocenters. The maximum Gasteiger partial charge on any atom is 0.341 e. The molecule has 5 N–H and O–H groups in total. The van der Waals surface area contributed by atoms with E-state index in [0.717, 1.165) is 0 Å². The van der Waals surface area contributed by atoms with Gasteiger partial charge in [0.05, 0.1) is 18.3 Å². The minimum absolute atomic E-state index is 0.178. The van der Waals surface area contributed by atoms with Crippen LogP contribution >= 0.6 is 0 Å². The van der Waals surface area contributed by atoms with Crippen LogP contribution in [0.5, 0.6) is 5.75 Å². The molecule has 3 amide bonds. The van der Waals surface area contributed by atoms with Gasteiger partial charge in [0.1, 0.15) is 5.75 Å². The van der Waals surface area contributed by atoms with Crippen LogP contribution in [0.4, 0.5) is 16.2 Å². The van der Waals surface area contributed by atoms with Gasteiger partial charge in [0.2, 0.25) is 5.91 Å². The van der Waals surface area contributed by atoms with Crippen LogP contribution in [0.3, 0.4) is 0 Å². The number of hydrogen-bond acceptors (Lipinski definition) is 5. The van der Waals surface area contributed by atoms with Gasteiger partial charge in [0.25, 0.3) is 0 Å². The Morgan fingerprint density at radius 1 is 1.07 bits per heavy atom. The van der Waals surface area contributed by atoms with Crippen molar-refractivity contribution in [2.75, 3.05) is 23.8 Å². The van der Waals surface area contributed by atoms with E-state index >= 15 is 0 Å². The van der Waals surface area contributed by atoms with Gasteiger partial charge in [-0.25, -0.2) is 9.59 Å². The van der Waals surface area contributed by atoms with Crippen molar-refractivity contribution in [1.29, 1.82) is 0 Å². The van der Waals surface area contributed by atoms with Crippen molar-refractivity contribution >= 4 is 29.3 Å². The van der Waals surface area contributed by atoms with Gasteiger partial charge in [-0.1, -0.05) is 20.8 Å². The predicted octanol–water partition coefficient (Wildman–Crippen LogP) is 2.42. The minimum atomic E-state index is -1.14. The Balaban J connectivity index is 3.00. The molecule has 0 aliphatic rings. The Kier molecular flexibility index (Phi) is 9.80. The number of ether oxygens (including phenoxy) is 1. The van der Waals surface area contributed by atoms with Gasteiger partial charge in [0.15, 0.2) is 6.61 Å². The number of rotatable bonds is 11. The van der Waals surface area contributed by atoms with Crippen LogP contribution in [0.15, 0.2) is 18.2 Å². The number of carbonyl (C=O) groups excluding carboxylic acids is 2. The molecular formula is C19H29N3O6. The summed E-state index contributed by atoms with van der Waals surface area (Å²) in [6.45, 7) is 4.91. The SMILES string of the molecule is CCC(CC)C(=O)Nc1cc(NC(=O)N[C@H](CC)CO)ccc1OCC(=O)O. The molecule has 0 aromatic heterocycles. The van der Waals surface area contributed by atoms with E-state index in [4.69, 9.17) is 14.9 Å². The molecule has 1 aromatic rings. The molecule has 0 heterocycles. The van der Waals surface area contributed by atoms with E-state index in [-0.39, 0.29) is 35.9 Å². The van der Waals surface area contributed by atoms with E-state index in [2.05, 4.69) is 16.0 Å². The number of amides is 3. The molecule has 1 atom stereocenters. The molecule has 0 bridgehead atoms. The molecule has 1 aromatic carbocycles. The lowest BCUT2D eigenvalue weighted by Crippen LogP contribution is -2.39. The molecule has 0 fully saturated rings. The summed E-state index contributed by atoms with van der Waals surface area (Å²) >= 11 is 0. The van der Waals surface area contributed by atoms with E-state index in [1.807, 2.05) is 20.8 Å². The number of benzene rings is 1. The van der Waals surface area contributed by atoms with Crippen LogP contribution in [-0.4, -0.2) is 47.4 Å². The summed E-state index contributed by atoms with van der Waals surface area (Å²) in [5.41, 5.74) is 0.651. The van der Waals surface area contributed by atoms with Gasteiger partial charge in [-0.2, -0.15) is 0 Å². The average molecular weight is 395 g/mol. The predicted molar refractivity (Wildman–Crippen MR) is 106 cm³/mol. The maximum absolute atomic E-state index is 12.4. The third-order valence-electron chi connectivity index (χ3n) is 4.25. The zero-order valence-corrected chi connectivity index (χ0v) is 16.4. The van der Waals surface area contributed by atoms with E-state index in [1.165, 1.54) is 18.2 Å². The second kappa shape index (κ2) is 11.8. The molecule has 156 valence electrons. The van der Waals surface area contributed by atoms with Crippen molar-refractivity contribution in [3.8, 4) is 5.75 Å². The number of aliphatic hydroxyl groups excluding tert-OH is 1. The van der Waals surface area contributed by atoms with Gasteiger partial charge in [-0.05, 0) is 37.5 Å². The molecule has 28 heavy (non-hydrogen) atoms. The summed E-state index contributed by atoms with van der Waals surface area (Å²) in [7, 11) is 0. The number of carboxylic acids is 1. The monoisotopic (exact) mass is 395 g/mol. The standard InChI is InChI=1S/C19H29N3O6/c1-4-12(5-2)18(26)22-15-9-14(7-8-16(15)28-11-17(24)25)21-19(27)20-13(6-3)10-23/h7-9,12-13,23H,4-6,10-11H2,1-3H3,(H,22,26)(H,24,25)(H2,20,21,27)/t13-/m1/s1. The fraction of sp³-hybridized carbons (Fsp3) is 0.526. The third-order valence-corrected chi connectivity index (χ3v) is 4.25. The van der Waals surface area contributed by atoms with Gasteiger partial charge in [0, 0.05) is 11.6 Å². The quantitative estimate of drug-likeness (QED) is 0.390. The normalized spacial score (nSPS) is 11.6. The lowest BCUT2D eigenvalue weighted by Gasteiger charge is -2.18. The number of nitrogens with one attached hydrogen (secondary N) is 3. The number of carboxylic acid groups (broad SMARTS) is 1. The Labute approximate surface area is 164 Å². The summed E-state index contributed by atoms with van der Waals surface area (Å²) in [4.78, 5) is 35.2. The van der Waals surface area contributed by atoms with Crippen molar-refractivity contribution in [2.24, 2.45) is 5.92 Å². The van der Waals surface area contributed by atoms with E-state index in [1.54, 1.807) is 0 Å². The smallest absolute Gasteiger partial charge is 0.341 e. The molecule has 0 aliphatic carbocycles. The van der Waals surface area contributed by atoms with Crippen molar-refractivity contribution in [1.82, 2.24) is 5.32 Å². The van der Waals surface area contributed by atoms with Crippen LogP contribution in [0, 0.1) is 5.92 Å². The van der Waals surface area contributed by atoms with Crippen LogP contribution in [0.2, 0.25) is 0 Å². The number of aliphatic carboxylic acids is 1. The Hall–Kier alpha value is -2.81. The van der Waals surface area contributed by atoms with E-state index in [0.29, 0.717) is 24.9 Å². The molecule has 0 aliphatic heterocycles. The third kappa shape index (κ3) is 7.43. The van der Waals surface area contributed by atoms with Crippen molar-refractivity contribution in [2.45, 2.75) is 46.1 Å². The van der Waals surface area contributed by atoms with Gasteiger partial charge < -0.3 is 30.9 Å². The van der Waals surface area contributed by atoms with Crippen LogP contribution < -0.4 is 20.7 Å². The molecule has 0 spiro atoms. The fourth-order valence-corrected chi connectivity index (χ4v) is 2.49.